The first-order chi connectivity index (χ1) is 19.7. The summed E-state index contributed by atoms with van der Waals surface area (Å²) < 4.78 is 6.38. The van der Waals surface area contributed by atoms with E-state index in [0.717, 1.165) is 57.1 Å². The molecule has 1 aromatic heterocycles. The van der Waals surface area contributed by atoms with Gasteiger partial charge in [-0.3, -0.25) is 0 Å². The van der Waals surface area contributed by atoms with Gasteiger partial charge in [-0.15, -0.1) is 0 Å². The van der Waals surface area contributed by atoms with Gasteiger partial charge in [0, 0.05) is 54.4 Å². The van der Waals surface area contributed by atoms with Gasteiger partial charge in [-0.25, -0.2) is 0 Å². The minimum atomic E-state index is 0.451. The number of anilines is 2. The minimum Gasteiger partial charge on any atom is -0.462 e. The van der Waals surface area contributed by atoms with Gasteiger partial charge in [-0.2, -0.15) is 9.97 Å². The van der Waals surface area contributed by atoms with E-state index in [0.29, 0.717) is 30.7 Å². The first-order valence-electron chi connectivity index (χ1n) is 15.7. The third kappa shape index (κ3) is 5.03. The van der Waals surface area contributed by atoms with Crippen molar-refractivity contribution in [3.63, 3.8) is 0 Å². The SMILES string of the molecule is CCCCc1cccc2cccc(N3CCc4c(nc(OC[C@@H]5CCCN5C)nc4N4CC5CCC(C4)N5)C3)c12. The Kier molecular flexibility index (Phi) is 7.27. The maximum atomic E-state index is 6.38. The highest BCUT2D eigenvalue weighted by molar-refractivity contribution is 5.97. The summed E-state index contributed by atoms with van der Waals surface area (Å²) in [5.41, 5.74) is 5.27. The Bertz CT molecular complexity index is 1340. The normalized spacial score (nSPS) is 24.6. The van der Waals surface area contributed by atoms with Gasteiger partial charge in [0.25, 0.3) is 0 Å². The molecule has 212 valence electrons. The Labute approximate surface area is 238 Å². The van der Waals surface area contributed by atoms with Crippen LogP contribution in [0.5, 0.6) is 6.01 Å². The zero-order valence-electron chi connectivity index (χ0n) is 24.2. The van der Waals surface area contributed by atoms with Crippen LogP contribution in [0.1, 0.15) is 62.3 Å². The number of aryl methyl sites for hydroxylation is 1. The maximum absolute atomic E-state index is 6.38. The number of benzene rings is 2. The summed E-state index contributed by atoms with van der Waals surface area (Å²) in [6.45, 7) is 7.92. The lowest BCUT2D eigenvalue weighted by molar-refractivity contribution is 0.187. The number of hydrogen-bond acceptors (Lipinski definition) is 7. The second kappa shape index (κ2) is 11.2. The molecule has 4 aliphatic heterocycles. The molecule has 3 saturated heterocycles. The molecule has 3 aromatic rings. The monoisotopic (exact) mass is 540 g/mol. The van der Waals surface area contributed by atoms with Gasteiger partial charge in [-0.1, -0.05) is 43.7 Å². The molecule has 0 spiro atoms. The molecule has 3 atom stereocenters. The van der Waals surface area contributed by atoms with E-state index < -0.39 is 0 Å². The molecule has 2 aromatic carbocycles. The van der Waals surface area contributed by atoms with Gasteiger partial charge in [-0.05, 0) is 75.6 Å². The van der Waals surface area contributed by atoms with E-state index in [2.05, 4.69) is 70.4 Å². The second-order valence-electron chi connectivity index (χ2n) is 12.5. The van der Waals surface area contributed by atoms with Crippen LogP contribution >= 0.6 is 0 Å². The number of hydrogen-bond donors (Lipinski definition) is 1. The zero-order chi connectivity index (χ0) is 27.1. The average molecular weight is 541 g/mol. The molecule has 7 rings (SSSR count). The lowest BCUT2D eigenvalue weighted by Crippen LogP contribution is -2.52. The van der Waals surface area contributed by atoms with E-state index in [9.17, 15) is 0 Å². The molecule has 0 amide bonds. The van der Waals surface area contributed by atoms with Crippen molar-refractivity contribution in [2.45, 2.75) is 83.0 Å². The van der Waals surface area contributed by atoms with E-state index in [1.54, 1.807) is 0 Å². The predicted octanol–water partition coefficient (Wildman–Crippen LogP) is 4.95. The molecule has 2 bridgehead atoms. The van der Waals surface area contributed by atoms with Crippen LogP contribution in [-0.4, -0.2) is 72.8 Å². The molecular formula is C33H44N6O. The molecule has 0 radical (unpaired) electrons. The third-order valence-corrected chi connectivity index (χ3v) is 9.72. The average Bonchev–Trinajstić information content (AvgIpc) is 3.56. The third-order valence-electron chi connectivity index (χ3n) is 9.72. The summed E-state index contributed by atoms with van der Waals surface area (Å²) in [5, 5.41) is 6.53. The largest absolute Gasteiger partial charge is 0.462 e. The fourth-order valence-corrected chi connectivity index (χ4v) is 7.49. The lowest BCUT2D eigenvalue weighted by Gasteiger charge is -2.37. The van der Waals surface area contributed by atoms with Crippen LogP contribution in [0.25, 0.3) is 10.8 Å². The molecule has 40 heavy (non-hydrogen) atoms. The molecule has 1 N–H and O–H groups in total. The number of nitrogens with zero attached hydrogens (tertiary/aromatic N) is 5. The summed E-state index contributed by atoms with van der Waals surface area (Å²) >= 11 is 0. The molecule has 4 aliphatic rings. The Hall–Kier alpha value is -2.90. The van der Waals surface area contributed by atoms with Gasteiger partial charge < -0.3 is 24.8 Å². The van der Waals surface area contributed by atoms with Gasteiger partial charge in [0.1, 0.15) is 12.4 Å². The molecule has 0 aliphatic carbocycles. The topological polar surface area (TPSA) is 56.8 Å². The van der Waals surface area contributed by atoms with Crippen molar-refractivity contribution in [2.75, 3.05) is 49.6 Å². The van der Waals surface area contributed by atoms with Gasteiger partial charge in [0.05, 0.1) is 12.2 Å². The highest BCUT2D eigenvalue weighted by atomic mass is 16.5. The van der Waals surface area contributed by atoms with Crippen LogP contribution in [0.3, 0.4) is 0 Å². The van der Waals surface area contributed by atoms with Crippen molar-refractivity contribution in [1.82, 2.24) is 20.2 Å². The number of aromatic nitrogens is 2. The number of likely N-dealkylation sites (N-methyl/N-ethyl adjacent to an activating group) is 1. The smallest absolute Gasteiger partial charge is 0.318 e. The van der Waals surface area contributed by atoms with E-state index in [1.165, 1.54) is 66.1 Å². The summed E-state index contributed by atoms with van der Waals surface area (Å²) in [5.74, 6) is 1.12. The van der Waals surface area contributed by atoms with Crippen LogP contribution in [0.2, 0.25) is 0 Å². The fraction of sp³-hybridized carbons (Fsp3) is 0.576. The summed E-state index contributed by atoms with van der Waals surface area (Å²) in [6, 6.07) is 15.7. The minimum absolute atomic E-state index is 0.451. The molecule has 7 nitrogen and oxygen atoms in total. The number of nitrogens with one attached hydrogen (secondary N) is 1. The Morgan fingerprint density at radius 1 is 0.975 bits per heavy atom. The predicted molar refractivity (Wildman–Crippen MR) is 163 cm³/mol. The summed E-state index contributed by atoms with van der Waals surface area (Å²) in [6.07, 6.45) is 9.47. The van der Waals surface area contributed by atoms with Crippen molar-refractivity contribution in [1.29, 1.82) is 0 Å². The number of unbranched alkanes of at least 4 members (excludes halogenated alkanes) is 1. The van der Waals surface area contributed by atoms with Crippen LogP contribution in [0, 0.1) is 0 Å². The van der Waals surface area contributed by atoms with Gasteiger partial charge in [0.15, 0.2) is 0 Å². The first kappa shape index (κ1) is 26.0. The standard InChI is InChI=1S/C33H44N6O/c1-3-4-8-23-9-5-10-24-11-6-13-30(31(23)24)38-18-16-28-29(21-38)35-33(40-22-27-12-7-17-37(27)2)36-32(28)39-19-25-14-15-26(20-39)34-25/h5-6,9-11,13,25-27,34H,3-4,7-8,12,14-22H2,1-2H3/t25?,26?,27-/m0/s1. The molecule has 2 unspecified atom stereocenters. The van der Waals surface area contributed by atoms with Crippen molar-refractivity contribution in [3.8, 4) is 6.01 Å². The van der Waals surface area contributed by atoms with Crippen LogP contribution in [-0.2, 0) is 19.4 Å². The molecule has 5 heterocycles. The van der Waals surface area contributed by atoms with Crippen molar-refractivity contribution in [2.24, 2.45) is 0 Å². The van der Waals surface area contributed by atoms with E-state index in [1.807, 2.05) is 0 Å². The van der Waals surface area contributed by atoms with E-state index in [4.69, 9.17) is 14.7 Å². The van der Waals surface area contributed by atoms with Crippen molar-refractivity contribution < 1.29 is 4.74 Å². The van der Waals surface area contributed by atoms with Crippen molar-refractivity contribution in [3.05, 3.63) is 53.2 Å². The summed E-state index contributed by atoms with van der Waals surface area (Å²) in [4.78, 5) is 17.7. The van der Waals surface area contributed by atoms with E-state index in [-0.39, 0.29) is 0 Å². The zero-order valence-corrected chi connectivity index (χ0v) is 24.2. The quantitative estimate of drug-likeness (QED) is 0.434. The number of ether oxygens (including phenoxy) is 1. The molecular weight excluding hydrogens is 496 g/mol. The van der Waals surface area contributed by atoms with Gasteiger partial charge >= 0.3 is 6.01 Å². The highest BCUT2D eigenvalue weighted by Crippen LogP contribution is 2.37. The Morgan fingerprint density at radius 3 is 2.58 bits per heavy atom. The maximum Gasteiger partial charge on any atom is 0.318 e. The highest BCUT2D eigenvalue weighted by Gasteiger charge is 2.35. The summed E-state index contributed by atoms with van der Waals surface area (Å²) in [7, 11) is 2.20. The van der Waals surface area contributed by atoms with Crippen LogP contribution in [0.4, 0.5) is 11.5 Å². The van der Waals surface area contributed by atoms with Crippen molar-refractivity contribution >= 4 is 22.3 Å². The Balaban J connectivity index is 1.22. The number of likely N-dealkylation sites (tertiary alicyclic amines) is 1. The van der Waals surface area contributed by atoms with E-state index >= 15 is 0 Å². The van der Waals surface area contributed by atoms with Gasteiger partial charge in [0.2, 0.25) is 0 Å². The second-order valence-corrected chi connectivity index (χ2v) is 12.5. The number of rotatable bonds is 8. The molecule has 0 saturated carbocycles. The number of piperazine rings is 1. The number of fused-ring (bicyclic) bond motifs is 4. The van der Waals surface area contributed by atoms with Crippen LogP contribution < -0.4 is 19.9 Å². The molecule has 7 heteroatoms. The first-order valence-corrected chi connectivity index (χ1v) is 15.7. The lowest BCUT2D eigenvalue weighted by atomic mass is 9.96. The Morgan fingerprint density at radius 2 is 1.80 bits per heavy atom. The molecule has 3 fully saturated rings. The van der Waals surface area contributed by atoms with Crippen LogP contribution in [0.15, 0.2) is 36.4 Å². The fourth-order valence-electron chi connectivity index (χ4n) is 7.49.